The fraction of sp³-hybridized carbons (Fsp3) is 0.500. The second-order valence-corrected chi connectivity index (χ2v) is 5.14. The number of nitrogens with one attached hydrogen (secondary N) is 1. The van der Waals surface area contributed by atoms with Gasteiger partial charge in [0.1, 0.15) is 11.4 Å². The minimum absolute atomic E-state index is 0.265. The van der Waals surface area contributed by atoms with Gasteiger partial charge in [0.15, 0.2) is 0 Å². The van der Waals surface area contributed by atoms with Crippen LogP contribution in [0.5, 0.6) is 0 Å². The van der Waals surface area contributed by atoms with E-state index >= 15 is 0 Å². The highest BCUT2D eigenvalue weighted by Crippen LogP contribution is 2.26. The first-order valence-corrected chi connectivity index (χ1v) is 6.18. The van der Waals surface area contributed by atoms with Crippen LogP contribution in [-0.4, -0.2) is 30.6 Å². The maximum absolute atomic E-state index is 13.3. The maximum atomic E-state index is 13.3. The summed E-state index contributed by atoms with van der Waals surface area (Å²) in [5.74, 6) is -0.265. The van der Waals surface area contributed by atoms with Crippen molar-refractivity contribution >= 4 is 5.69 Å². The van der Waals surface area contributed by atoms with Crippen LogP contribution >= 0.6 is 0 Å². The highest BCUT2D eigenvalue weighted by molar-refractivity contribution is 5.50. The molecule has 0 unspecified atom stereocenters. The number of nitriles is 1. The molecular weight excluding hydrogens is 229 g/mol. The summed E-state index contributed by atoms with van der Waals surface area (Å²) in [5, 5.41) is 12.6. The summed E-state index contributed by atoms with van der Waals surface area (Å²) in [4.78, 5) is 2.20. The van der Waals surface area contributed by atoms with E-state index in [0.29, 0.717) is 5.69 Å². The molecule has 0 saturated carbocycles. The quantitative estimate of drug-likeness (QED) is 0.873. The van der Waals surface area contributed by atoms with E-state index < -0.39 is 5.54 Å². The van der Waals surface area contributed by atoms with Crippen molar-refractivity contribution in [2.45, 2.75) is 25.3 Å². The zero-order chi connectivity index (χ0) is 13.2. The predicted molar refractivity (Wildman–Crippen MR) is 69.8 cm³/mol. The highest BCUT2D eigenvalue weighted by Gasteiger charge is 2.33. The van der Waals surface area contributed by atoms with Crippen molar-refractivity contribution in [3.63, 3.8) is 0 Å². The Balaban J connectivity index is 2.18. The summed E-state index contributed by atoms with van der Waals surface area (Å²) in [5.41, 5.74) is 0.990. The van der Waals surface area contributed by atoms with Crippen LogP contribution in [0.1, 0.15) is 18.4 Å². The average Bonchev–Trinajstić information content (AvgIpc) is 2.31. The second kappa shape index (κ2) is 4.95. The van der Waals surface area contributed by atoms with Gasteiger partial charge in [-0.05, 0) is 50.6 Å². The summed E-state index contributed by atoms with van der Waals surface area (Å²) in [7, 11) is 2.05. The standard InChI is InChI=1S/C14H18FN3/c1-11-7-12(15)9-13(8-11)17-14(10-16)3-5-18(2)6-4-14/h7-9,17H,3-6H2,1-2H3. The van der Waals surface area contributed by atoms with E-state index in [2.05, 4.69) is 16.3 Å². The molecule has 0 amide bonds. The molecule has 1 N–H and O–H groups in total. The monoisotopic (exact) mass is 247 g/mol. The molecule has 0 spiro atoms. The smallest absolute Gasteiger partial charge is 0.127 e. The Morgan fingerprint density at radius 2 is 2.00 bits per heavy atom. The zero-order valence-electron chi connectivity index (χ0n) is 10.8. The lowest BCUT2D eigenvalue weighted by Gasteiger charge is -2.36. The Morgan fingerprint density at radius 1 is 1.33 bits per heavy atom. The number of halogens is 1. The van der Waals surface area contributed by atoms with E-state index in [4.69, 9.17) is 0 Å². The molecule has 1 aliphatic rings. The topological polar surface area (TPSA) is 39.1 Å². The van der Waals surface area contributed by atoms with Crippen LogP contribution in [0.2, 0.25) is 0 Å². The first kappa shape index (κ1) is 12.8. The van der Waals surface area contributed by atoms with Crippen molar-refractivity contribution < 1.29 is 4.39 Å². The van der Waals surface area contributed by atoms with Gasteiger partial charge in [-0.15, -0.1) is 0 Å². The van der Waals surface area contributed by atoms with Crippen LogP contribution in [0, 0.1) is 24.1 Å². The third-order valence-electron chi connectivity index (χ3n) is 3.48. The number of piperidine rings is 1. The van der Waals surface area contributed by atoms with Gasteiger partial charge < -0.3 is 10.2 Å². The van der Waals surface area contributed by atoms with Gasteiger partial charge in [0, 0.05) is 18.8 Å². The van der Waals surface area contributed by atoms with E-state index in [1.54, 1.807) is 0 Å². The summed E-state index contributed by atoms with van der Waals surface area (Å²) >= 11 is 0. The van der Waals surface area contributed by atoms with Crippen molar-refractivity contribution in [1.29, 1.82) is 5.26 Å². The van der Waals surface area contributed by atoms with E-state index in [0.717, 1.165) is 31.5 Å². The lowest BCUT2D eigenvalue weighted by Crippen LogP contribution is -2.47. The van der Waals surface area contributed by atoms with Gasteiger partial charge in [-0.2, -0.15) is 5.26 Å². The van der Waals surface area contributed by atoms with Crippen molar-refractivity contribution in [3.8, 4) is 6.07 Å². The SMILES string of the molecule is Cc1cc(F)cc(NC2(C#N)CCN(C)CC2)c1. The Bertz CT molecular complexity index is 450. The van der Waals surface area contributed by atoms with Gasteiger partial charge in [-0.25, -0.2) is 4.39 Å². The predicted octanol–water partition coefficient (Wildman–Crippen LogP) is 2.53. The molecule has 1 fully saturated rings. The Hall–Kier alpha value is -1.60. The number of benzene rings is 1. The molecule has 96 valence electrons. The van der Waals surface area contributed by atoms with Crippen molar-refractivity contribution in [1.82, 2.24) is 4.90 Å². The summed E-state index contributed by atoms with van der Waals surface area (Å²) in [6, 6.07) is 7.17. The van der Waals surface area contributed by atoms with Crippen molar-refractivity contribution in [2.24, 2.45) is 0 Å². The van der Waals surface area contributed by atoms with Crippen LogP contribution in [0.15, 0.2) is 18.2 Å². The molecule has 0 aliphatic carbocycles. The first-order chi connectivity index (χ1) is 8.53. The molecule has 0 atom stereocenters. The molecule has 0 radical (unpaired) electrons. The van der Waals surface area contributed by atoms with E-state index in [-0.39, 0.29) is 5.82 Å². The number of likely N-dealkylation sites (tertiary alicyclic amines) is 1. The molecular formula is C14H18FN3. The number of anilines is 1. The molecule has 18 heavy (non-hydrogen) atoms. The van der Waals surface area contributed by atoms with Crippen molar-refractivity contribution in [3.05, 3.63) is 29.6 Å². The second-order valence-electron chi connectivity index (χ2n) is 5.14. The van der Waals surface area contributed by atoms with Crippen LogP contribution < -0.4 is 5.32 Å². The van der Waals surface area contributed by atoms with E-state index in [1.807, 2.05) is 20.0 Å². The molecule has 0 aromatic heterocycles. The van der Waals surface area contributed by atoms with Gasteiger partial charge in [0.2, 0.25) is 0 Å². The molecule has 0 bridgehead atoms. The molecule has 1 saturated heterocycles. The number of rotatable bonds is 2. The minimum Gasteiger partial charge on any atom is -0.367 e. The summed E-state index contributed by atoms with van der Waals surface area (Å²) in [6.45, 7) is 3.62. The number of hydrogen-bond donors (Lipinski definition) is 1. The van der Waals surface area contributed by atoms with Crippen LogP contribution in [0.4, 0.5) is 10.1 Å². The lowest BCUT2D eigenvalue weighted by atomic mass is 9.89. The molecule has 4 heteroatoms. The van der Waals surface area contributed by atoms with Crippen LogP contribution in [0.3, 0.4) is 0 Å². The van der Waals surface area contributed by atoms with Gasteiger partial charge in [0.25, 0.3) is 0 Å². The Labute approximate surface area is 107 Å². The largest absolute Gasteiger partial charge is 0.367 e. The van der Waals surface area contributed by atoms with Crippen LogP contribution in [0.25, 0.3) is 0 Å². The first-order valence-electron chi connectivity index (χ1n) is 6.18. The third-order valence-corrected chi connectivity index (χ3v) is 3.48. The van der Waals surface area contributed by atoms with Crippen LogP contribution in [-0.2, 0) is 0 Å². The normalized spacial score (nSPS) is 19.2. The maximum Gasteiger partial charge on any atom is 0.127 e. The number of hydrogen-bond acceptors (Lipinski definition) is 3. The Morgan fingerprint density at radius 3 is 2.56 bits per heavy atom. The third kappa shape index (κ3) is 2.80. The number of aryl methyl sites for hydroxylation is 1. The van der Waals surface area contributed by atoms with Crippen molar-refractivity contribution in [2.75, 3.05) is 25.5 Å². The van der Waals surface area contributed by atoms with E-state index in [9.17, 15) is 9.65 Å². The molecule has 1 aromatic rings. The lowest BCUT2D eigenvalue weighted by molar-refractivity contribution is 0.235. The van der Waals surface area contributed by atoms with E-state index in [1.165, 1.54) is 12.1 Å². The van der Waals surface area contributed by atoms with Gasteiger partial charge in [-0.3, -0.25) is 0 Å². The fourth-order valence-electron chi connectivity index (χ4n) is 2.35. The molecule has 1 heterocycles. The summed E-state index contributed by atoms with van der Waals surface area (Å²) in [6.07, 6.45) is 1.52. The number of nitrogens with zero attached hydrogens (tertiary/aromatic N) is 2. The molecule has 3 nitrogen and oxygen atoms in total. The van der Waals surface area contributed by atoms with Gasteiger partial charge >= 0.3 is 0 Å². The molecule has 1 aromatic carbocycles. The fourth-order valence-corrected chi connectivity index (χ4v) is 2.35. The molecule has 2 rings (SSSR count). The molecule has 1 aliphatic heterocycles. The Kier molecular flexibility index (Phi) is 3.53. The summed E-state index contributed by atoms with van der Waals surface area (Å²) < 4.78 is 13.3. The minimum atomic E-state index is -0.563. The van der Waals surface area contributed by atoms with Gasteiger partial charge in [-0.1, -0.05) is 0 Å². The average molecular weight is 247 g/mol. The highest BCUT2D eigenvalue weighted by atomic mass is 19.1. The zero-order valence-corrected chi connectivity index (χ0v) is 10.8. The van der Waals surface area contributed by atoms with Gasteiger partial charge in [0.05, 0.1) is 6.07 Å².